The van der Waals surface area contributed by atoms with Crippen molar-refractivity contribution in [2.75, 3.05) is 40.6 Å². The van der Waals surface area contributed by atoms with Crippen molar-refractivity contribution < 1.29 is 67.7 Å². The molecule has 4 aliphatic rings. The van der Waals surface area contributed by atoms with Crippen molar-refractivity contribution in [3.8, 4) is 0 Å². The Morgan fingerprint density at radius 1 is 0.889 bits per heavy atom. The van der Waals surface area contributed by atoms with Gasteiger partial charge in [-0.3, -0.25) is 19.2 Å². The van der Waals surface area contributed by atoms with Crippen molar-refractivity contribution in [1.82, 2.24) is 4.90 Å². The molecule has 0 radical (unpaired) electrons. The van der Waals surface area contributed by atoms with Gasteiger partial charge in [-0.25, -0.2) is 4.79 Å². The van der Waals surface area contributed by atoms with E-state index in [2.05, 4.69) is 6.58 Å². The molecule has 1 aliphatic carbocycles. The van der Waals surface area contributed by atoms with Gasteiger partial charge in [0.25, 0.3) is 11.7 Å². The van der Waals surface area contributed by atoms with Crippen LogP contribution in [0.1, 0.15) is 145 Å². The van der Waals surface area contributed by atoms with Crippen molar-refractivity contribution in [3.63, 3.8) is 0 Å². The predicted octanol–water partition coefficient (Wildman–Crippen LogP) is 7.61. The second-order valence-electron chi connectivity index (χ2n) is 22.0. The number of ketones is 3. The van der Waals surface area contributed by atoms with E-state index in [0.29, 0.717) is 89.1 Å². The van der Waals surface area contributed by atoms with Gasteiger partial charge in [0.1, 0.15) is 30.1 Å². The van der Waals surface area contributed by atoms with Crippen LogP contribution in [0.3, 0.4) is 0 Å². The highest BCUT2D eigenvalue weighted by atomic mass is 16.6. The number of ether oxygens (including phenoxy) is 6. The standard InChI is InChI=1S/C57H91NO14/c1-12-13-14-17-36(4)48(70-34-42-23-26-69-27-24-42)32-44-21-19-41(9)57(66,72-44)54(63)55(64)58-25-16-15-18-45(58)56(65)71-49(38(6)30-43-20-22-46(59)50(31-43)67-10)33-47(60)37(5)29-40(8)52(62)53(68-11)51(61)39(7)28-35(2)3/h12-14,17,29,35,37-39,41-46,48-50,52-53,59,62,66H,1,15-16,18-28,30-34H2,2-11H3/b14-13+,36-17+,40-29+/t37-,38-,39-,41-,43+,44+,45?,46-,48?,49+,50-,52-,53+,57-/m1/s1. The molecular weight excluding hydrogens is 923 g/mol. The lowest BCUT2D eigenvalue weighted by Crippen LogP contribution is -2.61. The largest absolute Gasteiger partial charge is 0.460 e. The minimum atomic E-state index is -2.45. The van der Waals surface area contributed by atoms with Crippen molar-refractivity contribution in [2.45, 2.75) is 200 Å². The maximum atomic E-state index is 14.5. The third-order valence-corrected chi connectivity index (χ3v) is 15.8. The summed E-state index contributed by atoms with van der Waals surface area (Å²) < 4.78 is 35.7. The normalized spacial score (nSPS) is 28.9. The van der Waals surface area contributed by atoms with E-state index in [1.807, 2.05) is 52.8 Å². The Morgan fingerprint density at radius 2 is 1.60 bits per heavy atom. The predicted molar refractivity (Wildman–Crippen MR) is 274 cm³/mol. The van der Waals surface area contributed by atoms with Gasteiger partial charge in [-0.05, 0) is 126 Å². The van der Waals surface area contributed by atoms with Gasteiger partial charge in [-0.2, -0.15) is 0 Å². The minimum Gasteiger partial charge on any atom is -0.460 e. The van der Waals surface area contributed by atoms with Gasteiger partial charge >= 0.3 is 5.97 Å². The molecule has 3 saturated heterocycles. The highest BCUT2D eigenvalue weighted by Gasteiger charge is 2.53. The number of hydrogen-bond donors (Lipinski definition) is 3. The number of hydrogen-bond acceptors (Lipinski definition) is 14. The second-order valence-corrected chi connectivity index (χ2v) is 22.0. The molecule has 3 heterocycles. The first-order valence-electron chi connectivity index (χ1n) is 26.9. The molecule has 408 valence electrons. The van der Waals surface area contributed by atoms with E-state index in [4.69, 9.17) is 28.4 Å². The highest BCUT2D eigenvalue weighted by Crippen LogP contribution is 2.38. The fraction of sp³-hybridized carbons (Fsp3) is 0.772. The first kappa shape index (κ1) is 61.1. The monoisotopic (exact) mass is 1010 g/mol. The first-order valence-corrected chi connectivity index (χ1v) is 26.9. The molecule has 0 aromatic carbocycles. The first-order chi connectivity index (χ1) is 34.1. The molecule has 1 saturated carbocycles. The van der Waals surface area contributed by atoms with Crippen LogP contribution in [0.5, 0.6) is 0 Å². The minimum absolute atomic E-state index is 0.0785. The number of rotatable bonds is 27. The van der Waals surface area contributed by atoms with Gasteiger partial charge in [0.15, 0.2) is 5.78 Å². The zero-order valence-electron chi connectivity index (χ0n) is 45.3. The summed E-state index contributed by atoms with van der Waals surface area (Å²) >= 11 is 0. The van der Waals surface area contributed by atoms with E-state index in [9.17, 15) is 39.3 Å². The molecule has 0 aromatic rings. The number of methoxy groups -OCH3 is 2. The number of aliphatic hydroxyl groups excluding tert-OH is 2. The van der Waals surface area contributed by atoms with Crippen LogP contribution in [0.4, 0.5) is 0 Å². The average molecular weight is 1010 g/mol. The molecule has 3 aliphatic heterocycles. The van der Waals surface area contributed by atoms with E-state index < -0.39 is 71.8 Å². The number of Topliss-reactive ketones (excluding diaryl/α,β-unsaturated/α-hetero) is 3. The lowest BCUT2D eigenvalue weighted by atomic mass is 9.78. The molecule has 15 nitrogen and oxygen atoms in total. The Morgan fingerprint density at radius 3 is 2.25 bits per heavy atom. The summed E-state index contributed by atoms with van der Waals surface area (Å²) in [5, 5.41) is 34.0. The van der Waals surface area contributed by atoms with Crippen molar-refractivity contribution in [1.29, 1.82) is 0 Å². The lowest BCUT2D eigenvalue weighted by Gasteiger charge is -2.43. The number of allylic oxidation sites excluding steroid dienone is 5. The maximum Gasteiger partial charge on any atom is 0.329 e. The van der Waals surface area contributed by atoms with Crippen LogP contribution < -0.4 is 0 Å². The number of nitrogens with zero attached hydrogens (tertiary/aromatic N) is 1. The maximum absolute atomic E-state index is 14.5. The van der Waals surface area contributed by atoms with Gasteiger partial charge < -0.3 is 48.6 Å². The van der Waals surface area contributed by atoms with Crippen molar-refractivity contribution in [2.24, 2.45) is 41.4 Å². The summed E-state index contributed by atoms with van der Waals surface area (Å²) in [6.07, 6.45) is 10.9. The summed E-state index contributed by atoms with van der Waals surface area (Å²) in [4.78, 5) is 72.0. The van der Waals surface area contributed by atoms with Gasteiger partial charge in [0, 0.05) is 64.6 Å². The molecule has 0 bridgehead atoms. The molecule has 0 spiro atoms. The summed E-state index contributed by atoms with van der Waals surface area (Å²) in [6, 6.07) is -1.16. The van der Waals surface area contributed by atoms with Gasteiger partial charge in [0.2, 0.25) is 5.79 Å². The number of carbonyl (C=O) groups is 5. The van der Waals surface area contributed by atoms with Crippen LogP contribution >= 0.6 is 0 Å². The SMILES string of the molecule is C=C/C=C/C=C(\C)C(C[C@@H]1CC[C@@H](C)[C@](O)(C(=O)C(=O)N2CCCCC2C(=O)O[C@@H](CC(=O)[C@H](C)/C=C(\C)[C@@H](O)[C@@H](OC)C(=O)[C@H](C)CC(C)C)[C@H](C)C[C@@H]2CC[C@@H](O)[C@H](OC)C2)O1)OCC1CCOCC1. The third-order valence-electron chi connectivity index (χ3n) is 15.8. The number of esters is 1. The number of amides is 1. The summed E-state index contributed by atoms with van der Waals surface area (Å²) in [5.41, 5.74) is 1.33. The Hall–Kier alpha value is -3.41. The number of piperidine rings is 1. The Bertz CT molecular complexity index is 1870. The topological polar surface area (TPSA) is 205 Å². The average Bonchev–Trinajstić information content (AvgIpc) is 3.36. The molecule has 14 atom stereocenters. The third kappa shape index (κ3) is 17.3. The van der Waals surface area contributed by atoms with E-state index in [1.165, 1.54) is 12.0 Å². The Balaban J connectivity index is 1.54. The van der Waals surface area contributed by atoms with Crippen LogP contribution in [0.2, 0.25) is 0 Å². The van der Waals surface area contributed by atoms with Crippen LogP contribution in [0.25, 0.3) is 0 Å². The summed E-state index contributed by atoms with van der Waals surface area (Å²) in [6.45, 7) is 20.5. The highest BCUT2D eigenvalue weighted by molar-refractivity contribution is 6.39. The lowest BCUT2D eigenvalue weighted by molar-refractivity contribution is -0.266. The van der Waals surface area contributed by atoms with Crippen LogP contribution in [0.15, 0.2) is 48.1 Å². The van der Waals surface area contributed by atoms with E-state index in [1.54, 1.807) is 40.0 Å². The zero-order chi connectivity index (χ0) is 53.3. The quantitative estimate of drug-likeness (QED) is 0.0314. The molecule has 4 rings (SSSR count). The molecular formula is C57H91NO14. The fourth-order valence-corrected chi connectivity index (χ4v) is 11.0. The van der Waals surface area contributed by atoms with E-state index in [-0.39, 0.29) is 66.8 Å². The van der Waals surface area contributed by atoms with Gasteiger partial charge in [-0.15, -0.1) is 0 Å². The second kappa shape index (κ2) is 29.6. The zero-order valence-corrected chi connectivity index (χ0v) is 45.3. The molecule has 72 heavy (non-hydrogen) atoms. The Labute approximate surface area is 430 Å². The molecule has 4 fully saturated rings. The van der Waals surface area contributed by atoms with Crippen LogP contribution in [-0.4, -0.2) is 145 Å². The van der Waals surface area contributed by atoms with Crippen LogP contribution in [0, 0.1) is 41.4 Å². The molecule has 1 amide bonds. The smallest absolute Gasteiger partial charge is 0.329 e. The van der Waals surface area contributed by atoms with Gasteiger partial charge in [0.05, 0.1) is 31.0 Å². The summed E-state index contributed by atoms with van der Waals surface area (Å²) in [7, 11) is 2.95. The molecule has 0 aromatic heterocycles. The van der Waals surface area contributed by atoms with Gasteiger partial charge in [-0.1, -0.05) is 78.5 Å². The number of aliphatic hydroxyl groups is 3. The van der Waals surface area contributed by atoms with E-state index in [0.717, 1.165) is 24.8 Å². The van der Waals surface area contributed by atoms with E-state index >= 15 is 0 Å². The van der Waals surface area contributed by atoms with Crippen molar-refractivity contribution in [3.05, 3.63) is 48.1 Å². The summed E-state index contributed by atoms with van der Waals surface area (Å²) in [5.74, 6) is -7.30. The molecule has 2 unspecified atom stereocenters. The number of likely N-dealkylation sites (tertiary alicyclic amines) is 1. The van der Waals surface area contributed by atoms with Crippen molar-refractivity contribution >= 4 is 29.2 Å². The Kier molecular flexibility index (Phi) is 25.2. The number of carbonyl (C=O) groups excluding carboxylic acids is 5. The fourth-order valence-electron chi connectivity index (χ4n) is 11.0. The van der Waals surface area contributed by atoms with Crippen LogP contribution in [-0.2, 0) is 52.4 Å². The molecule has 15 heteroatoms. The molecule has 3 N–H and O–H groups in total.